The number of nitrogens with two attached hydrogens (primary N) is 1. The molecule has 2 amide bonds. The predicted octanol–water partition coefficient (Wildman–Crippen LogP) is 2.01. The zero-order chi connectivity index (χ0) is 25.5. The fourth-order valence-electron chi connectivity index (χ4n) is 2.93. The monoisotopic (exact) mass is 490 g/mol. The third-order valence-electron chi connectivity index (χ3n) is 4.69. The van der Waals surface area contributed by atoms with Crippen LogP contribution in [0, 0.1) is 5.41 Å². The topological polar surface area (TPSA) is 153 Å². The maximum Gasteiger partial charge on any atom is 0.330 e. The largest absolute Gasteiger partial charge is 0.497 e. The number of ether oxygens (including phenoxy) is 3. The molecule has 0 bridgehead atoms. The molecule has 0 radical (unpaired) electrons. The van der Waals surface area contributed by atoms with E-state index in [0.29, 0.717) is 27.5 Å². The first-order chi connectivity index (χ1) is 16.0. The van der Waals surface area contributed by atoms with Crippen molar-refractivity contribution in [1.82, 2.24) is 10.6 Å². The summed E-state index contributed by atoms with van der Waals surface area (Å²) in [7, 11) is 2.69. The molecule has 0 saturated heterocycles. The molecule has 5 N–H and O–H groups in total. The van der Waals surface area contributed by atoms with E-state index in [1.807, 2.05) is 0 Å². The van der Waals surface area contributed by atoms with Crippen molar-refractivity contribution in [3.63, 3.8) is 0 Å². The highest BCUT2D eigenvalue weighted by molar-refractivity contribution is 6.31. The van der Waals surface area contributed by atoms with Crippen LogP contribution in [0.1, 0.15) is 35.3 Å². The van der Waals surface area contributed by atoms with Crippen molar-refractivity contribution in [3.8, 4) is 11.5 Å². The third-order valence-corrected chi connectivity index (χ3v) is 4.91. The van der Waals surface area contributed by atoms with Crippen LogP contribution >= 0.6 is 11.6 Å². The molecule has 0 atom stereocenters. The summed E-state index contributed by atoms with van der Waals surface area (Å²) < 4.78 is 15.4. The molecule has 0 heterocycles. The summed E-state index contributed by atoms with van der Waals surface area (Å²) in [4.78, 5) is 36.7. The Morgan fingerprint density at radius 1 is 1.09 bits per heavy atom. The standard InChI is InChI=1S/C23H27ClN4O6/c1-23(2,22(31)33-4)28-19(29)12-34-18-9-13(20(25)26)5-6-14(18)11-27-21(30)15-7-16(24)10-17(8-15)32-3/h5-10H,11-12H2,1-4H3,(H3,25,26)(H,27,30)(H,28,29). The molecule has 0 aromatic heterocycles. The summed E-state index contributed by atoms with van der Waals surface area (Å²) in [6.07, 6.45) is 0. The Labute approximate surface area is 202 Å². The van der Waals surface area contributed by atoms with Gasteiger partial charge in [0.25, 0.3) is 11.8 Å². The van der Waals surface area contributed by atoms with E-state index in [1.54, 1.807) is 24.3 Å². The van der Waals surface area contributed by atoms with E-state index in [9.17, 15) is 14.4 Å². The molecule has 182 valence electrons. The lowest BCUT2D eigenvalue weighted by molar-refractivity contribution is -0.149. The zero-order valence-electron chi connectivity index (χ0n) is 19.3. The van der Waals surface area contributed by atoms with Crippen LogP contribution in [0.25, 0.3) is 0 Å². The van der Waals surface area contributed by atoms with Gasteiger partial charge in [-0.15, -0.1) is 0 Å². The summed E-state index contributed by atoms with van der Waals surface area (Å²) in [6.45, 7) is 2.63. The van der Waals surface area contributed by atoms with Gasteiger partial charge in [-0.3, -0.25) is 15.0 Å². The molecular weight excluding hydrogens is 464 g/mol. The second-order valence-electron chi connectivity index (χ2n) is 7.75. The molecule has 2 aromatic carbocycles. The van der Waals surface area contributed by atoms with Gasteiger partial charge in [0, 0.05) is 28.3 Å². The van der Waals surface area contributed by atoms with Gasteiger partial charge in [0.05, 0.1) is 14.2 Å². The Balaban J connectivity index is 2.15. The molecule has 34 heavy (non-hydrogen) atoms. The summed E-state index contributed by atoms with van der Waals surface area (Å²) in [6, 6.07) is 9.34. The van der Waals surface area contributed by atoms with E-state index in [4.69, 9.17) is 32.2 Å². The number of nitrogens with one attached hydrogen (secondary N) is 3. The summed E-state index contributed by atoms with van der Waals surface area (Å²) in [5, 5.41) is 13.3. The number of nitrogen functional groups attached to an aromatic ring is 1. The van der Waals surface area contributed by atoms with Gasteiger partial charge in [0.1, 0.15) is 22.9 Å². The van der Waals surface area contributed by atoms with Gasteiger partial charge in [0.15, 0.2) is 6.61 Å². The van der Waals surface area contributed by atoms with Crippen LogP contribution in [-0.4, -0.2) is 50.0 Å². The Hall–Kier alpha value is -3.79. The lowest BCUT2D eigenvalue weighted by Gasteiger charge is -2.23. The number of hydrogen-bond donors (Lipinski definition) is 4. The van der Waals surface area contributed by atoms with E-state index >= 15 is 0 Å². The van der Waals surface area contributed by atoms with Gasteiger partial charge in [-0.25, -0.2) is 4.79 Å². The Morgan fingerprint density at radius 3 is 2.41 bits per heavy atom. The van der Waals surface area contributed by atoms with Crippen LogP contribution < -0.4 is 25.8 Å². The minimum atomic E-state index is -1.24. The fraction of sp³-hybridized carbons (Fsp3) is 0.304. The third kappa shape index (κ3) is 7.11. The highest BCUT2D eigenvalue weighted by Crippen LogP contribution is 2.23. The summed E-state index contributed by atoms with van der Waals surface area (Å²) in [5.74, 6) is -1.09. The molecule has 2 aromatic rings. The number of methoxy groups -OCH3 is 2. The van der Waals surface area contributed by atoms with Gasteiger partial charge in [-0.2, -0.15) is 0 Å². The maximum atomic E-state index is 12.6. The summed E-state index contributed by atoms with van der Waals surface area (Å²) >= 11 is 6.03. The molecular formula is C23H27ClN4O6. The minimum Gasteiger partial charge on any atom is -0.497 e. The second kappa shape index (κ2) is 11.4. The average molecular weight is 491 g/mol. The van der Waals surface area contributed by atoms with E-state index in [2.05, 4.69) is 15.4 Å². The lowest BCUT2D eigenvalue weighted by atomic mass is 10.1. The second-order valence-corrected chi connectivity index (χ2v) is 8.19. The van der Waals surface area contributed by atoms with Crippen LogP contribution in [0.3, 0.4) is 0 Å². The number of benzene rings is 2. The molecule has 0 spiro atoms. The zero-order valence-corrected chi connectivity index (χ0v) is 20.0. The van der Waals surface area contributed by atoms with Gasteiger partial charge < -0.3 is 30.6 Å². The number of hydrogen-bond acceptors (Lipinski definition) is 7. The van der Waals surface area contributed by atoms with Gasteiger partial charge in [-0.05, 0) is 38.1 Å². The Morgan fingerprint density at radius 2 is 1.79 bits per heavy atom. The van der Waals surface area contributed by atoms with Crippen molar-refractivity contribution in [3.05, 3.63) is 58.1 Å². The Kier molecular flexibility index (Phi) is 8.85. The first-order valence-corrected chi connectivity index (χ1v) is 10.5. The Bertz CT molecular complexity index is 1100. The maximum absolute atomic E-state index is 12.6. The molecule has 0 aliphatic rings. The molecule has 2 rings (SSSR count). The van der Waals surface area contributed by atoms with Crippen molar-refractivity contribution >= 4 is 35.2 Å². The van der Waals surface area contributed by atoms with Crippen LogP contribution in [0.4, 0.5) is 0 Å². The van der Waals surface area contributed by atoms with Crippen LogP contribution in [0.5, 0.6) is 11.5 Å². The van der Waals surface area contributed by atoms with Crippen molar-refractivity contribution in [2.75, 3.05) is 20.8 Å². The normalized spacial score (nSPS) is 10.7. The SMILES string of the molecule is COC(=O)C(C)(C)NC(=O)COc1cc(C(=N)N)ccc1CNC(=O)c1cc(Cl)cc(OC)c1. The van der Waals surface area contributed by atoms with Crippen LogP contribution in [-0.2, 0) is 20.9 Å². The van der Waals surface area contributed by atoms with Crippen molar-refractivity contribution in [2.24, 2.45) is 5.73 Å². The van der Waals surface area contributed by atoms with Gasteiger partial charge in [-0.1, -0.05) is 23.7 Å². The molecule has 11 heteroatoms. The van der Waals surface area contributed by atoms with Crippen molar-refractivity contribution in [1.29, 1.82) is 5.41 Å². The number of esters is 1. The molecule has 0 unspecified atom stereocenters. The predicted molar refractivity (Wildman–Crippen MR) is 126 cm³/mol. The van der Waals surface area contributed by atoms with E-state index in [0.717, 1.165) is 0 Å². The van der Waals surface area contributed by atoms with E-state index < -0.39 is 29.9 Å². The highest BCUT2D eigenvalue weighted by Gasteiger charge is 2.30. The first-order valence-electron chi connectivity index (χ1n) is 10.1. The molecule has 0 aliphatic heterocycles. The van der Waals surface area contributed by atoms with E-state index in [1.165, 1.54) is 40.2 Å². The fourth-order valence-corrected chi connectivity index (χ4v) is 3.15. The van der Waals surface area contributed by atoms with Crippen LogP contribution in [0.2, 0.25) is 5.02 Å². The molecule has 10 nitrogen and oxygen atoms in total. The molecule has 0 aliphatic carbocycles. The number of carbonyl (C=O) groups is 3. The quantitative estimate of drug-likeness (QED) is 0.226. The smallest absolute Gasteiger partial charge is 0.330 e. The van der Waals surface area contributed by atoms with Crippen molar-refractivity contribution < 1.29 is 28.6 Å². The number of amides is 2. The van der Waals surface area contributed by atoms with Crippen molar-refractivity contribution in [2.45, 2.75) is 25.9 Å². The molecule has 0 fully saturated rings. The number of amidine groups is 1. The number of carbonyl (C=O) groups excluding carboxylic acids is 3. The average Bonchev–Trinajstić information content (AvgIpc) is 2.79. The van der Waals surface area contributed by atoms with Gasteiger partial charge >= 0.3 is 5.97 Å². The number of rotatable bonds is 10. The highest BCUT2D eigenvalue weighted by atomic mass is 35.5. The molecule has 0 saturated carbocycles. The number of halogens is 1. The van der Waals surface area contributed by atoms with Crippen LogP contribution in [0.15, 0.2) is 36.4 Å². The first kappa shape index (κ1) is 26.5. The van der Waals surface area contributed by atoms with E-state index in [-0.39, 0.29) is 18.1 Å². The summed E-state index contributed by atoms with van der Waals surface area (Å²) in [5.41, 5.74) is 5.53. The minimum absolute atomic E-state index is 0.0520. The van der Waals surface area contributed by atoms with Gasteiger partial charge in [0.2, 0.25) is 0 Å². The lowest BCUT2D eigenvalue weighted by Crippen LogP contribution is -2.51.